The number of esters is 2. The standard InChI is InChI=1S/C84H139NO8/c1-6-8-10-12-14-16-18-20-22-24-26-28-30-32-34-36-37-38-39-40-41-42-43-44-45-47-49-51-53-55-57-59-61-63-65-67-69-71-73-75-82(87)93-80(79-92-84(83(88)89)90-77-76-85(3,4)5)78-91-81(86)74-72-70-68-66-64-62-60-58-56-54-52-50-48-46-35-33-31-29-27-25-23-21-19-17-15-13-11-9-7-2/h8,10,14,16,19-22,25-28,31-34,37-38,40-41,43-44,47,49,53,55,80,84H,6-7,9,11-13,15,17-18,23-24,29-30,35-36,39,42,45-46,48,50-52,54,56-79H2,1-5H3/b10-8-,16-14-,21-19-,22-20-,27-25-,28-26-,33-31-,34-32-,38-37-,41-40-,44-43-,49-47-,55-53-. The van der Waals surface area contributed by atoms with Crippen molar-refractivity contribution in [1.82, 2.24) is 0 Å². The van der Waals surface area contributed by atoms with Crippen LogP contribution in [0, 0.1) is 0 Å². The molecule has 0 fully saturated rings. The van der Waals surface area contributed by atoms with Crippen molar-refractivity contribution in [1.29, 1.82) is 0 Å². The highest BCUT2D eigenvalue weighted by Crippen LogP contribution is 2.17. The average Bonchev–Trinajstić information content (AvgIpc) is 3.38. The zero-order chi connectivity index (χ0) is 67.5. The van der Waals surface area contributed by atoms with Gasteiger partial charge in [0, 0.05) is 12.8 Å². The Labute approximate surface area is 572 Å². The summed E-state index contributed by atoms with van der Waals surface area (Å²) in [5.74, 6) is -2.30. The molecule has 0 aliphatic carbocycles. The monoisotopic (exact) mass is 1290 g/mol. The number of hydrogen-bond donors (Lipinski definition) is 0. The number of rotatable bonds is 68. The van der Waals surface area contributed by atoms with Crippen LogP contribution in [0.4, 0.5) is 0 Å². The van der Waals surface area contributed by atoms with Crippen molar-refractivity contribution in [2.45, 2.75) is 309 Å². The van der Waals surface area contributed by atoms with Gasteiger partial charge in [-0.05, 0) is 128 Å². The van der Waals surface area contributed by atoms with E-state index in [0.29, 0.717) is 17.4 Å². The number of aliphatic carboxylic acids is 1. The Morgan fingerprint density at radius 1 is 0.333 bits per heavy atom. The summed E-state index contributed by atoms with van der Waals surface area (Å²) in [7, 11) is 5.92. The second-order valence-corrected chi connectivity index (χ2v) is 25.9. The van der Waals surface area contributed by atoms with E-state index < -0.39 is 24.3 Å². The van der Waals surface area contributed by atoms with Crippen LogP contribution in [-0.2, 0) is 33.3 Å². The van der Waals surface area contributed by atoms with E-state index in [0.717, 1.165) is 122 Å². The van der Waals surface area contributed by atoms with Crippen molar-refractivity contribution in [3.8, 4) is 0 Å². The Kier molecular flexibility index (Phi) is 68.8. The van der Waals surface area contributed by atoms with Crippen LogP contribution in [0.25, 0.3) is 0 Å². The zero-order valence-electron chi connectivity index (χ0n) is 60.3. The summed E-state index contributed by atoms with van der Waals surface area (Å²) in [5, 5.41) is 11.8. The largest absolute Gasteiger partial charge is 0.545 e. The lowest BCUT2D eigenvalue weighted by Crippen LogP contribution is -2.44. The van der Waals surface area contributed by atoms with E-state index in [4.69, 9.17) is 18.9 Å². The Balaban J connectivity index is 4.16. The second-order valence-electron chi connectivity index (χ2n) is 25.9. The molecule has 0 N–H and O–H groups in total. The van der Waals surface area contributed by atoms with E-state index in [2.05, 4.69) is 172 Å². The van der Waals surface area contributed by atoms with Crippen LogP contribution in [0.15, 0.2) is 158 Å². The van der Waals surface area contributed by atoms with Gasteiger partial charge in [0.15, 0.2) is 12.4 Å². The first-order valence-corrected chi connectivity index (χ1v) is 37.6. The van der Waals surface area contributed by atoms with Gasteiger partial charge >= 0.3 is 11.9 Å². The molecule has 0 radical (unpaired) electrons. The highest BCUT2D eigenvalue weighted by atomic mass is 16.7. The van der Waals surface area contributed by atoms with Crippen LogP contribution in [0.1, 0.15) is 296 Å². The molecule has 0 spiro atoms. The lowest BCUT2D eigenvalue weighted by atomic mass is 10.0. The molecule has 2 unspecified atom stereocenters. The van der Waals surface area contributed by atoms with Gasteiger partial charge in [0.2, 0.25) is 0 Å². The molecule has 0 aliphatic rings. The highest BCUT2D eigenvalue weighted by Gasteiger charge is 2.22. The molecule has 93 heavy (non-hydrogen) atoms. The second kappa shape index (κ2) is 72.7. The molecule has 2 atom stereocenters. The number of allylic oxidation sites excluding steroid dienone is 26. The SMILES string of the molecule is CC/C=C\C/C=C\C/C=C\C/C=C\C/C=C\C/C=C\C/C=C\C/C=C\C/C=C\C/C=C\CCCCCCCCCCC(=O)OC(COC(=O)CCCCCCCCCCCCCCCC/C=C\C/C=C\C/C=C\CCCCCCC)COC(OCC[N+](C)(C)C)C(=O)[O-]. The minimum atomic E-state index is -1.63. The normalized spacial score (nSPS) is 13.6. The van der Waals surface area contributed by atoms with Gasteiger partial charge in [-0.15, -0.1) is 0 Å². The summed E-state index contributed by atoms with van der Waals surface area (Å²) in [6, 6.07) is 0. The number of ether oxygens (including phenoxy) is 4. The summed E-state index contributed by atoms with van der Waals surface area (Å²) < 4.78 is 22.8. The van der Waals surface area contributed by atoms with Crippen LogP contribution in [0.2, 0.25) is 0 Å². The number of carbonyl (C=O) groups is 3. The van der Waals surface area contributed by atoms with Crippen molar-refractivity contribution in [2.75, 3.05) is 47.5 Å². The molecule has 0 rings (SSSR count). The van der Waals surface area contributed by atoms with Gasteiger partial charge in [-0.3, -0.25) is 9.59 Å². The summed E-state index contributed by atoms with van der Waals surface area (Å²) in [5.41, 5.74) is 0. The van der Waals surface area contributed by atoms with Crippen LogP contribution >= 0.6 is 0 Å². The van der Waals surface area contributed by atoms with Gasteiger partial charge in [-0.1, -0.05) is 313 Å². The molecule has 0 saturated heterocycles. The average molecular weight is 1290 g/mol. The summed E-state index contributed by atoms with van der Waals surface area (Å²) in [6.45, 7) is 4.62. The van der Waals surface area contributed by atoms with Crippen LogP contribution < -0.4 is 5.11 Å². The van der Waals surface area contributed by atoms with Gasteiger partial charge in [-0.2, -0.15) is 0 Å². The number of nitrogens with zero attached hydrogens (tertiary/aromatic N) is 1. The molecule has 0 heterocycles. The maximum Gasteiger partial charge on any atom is 0.306 e. The summed E-state index contributed by atoms with van der Waals surface area (Å²) in [6.07, 6.45) is 105. The smallest absolute Gasteiger partial charge is 0.306 e. The third kappa shape index (κ3) is 74.2. The van der Waals surface area contributed by atoms with Crippen molar-refractivity contribution in [3.63, 3.8) is 0 Å². The fourth-order valence-corrected chi connectivity index (χ4v) is 10.0. The number of carbonyl (C=O) groups excluding carboxylic acids is 3. The number of carboxylic acids is 1. The van der Waals surface area contributed by atoms with Gasteiger partial charge in [0.05, 0.1) is 40.3 Å². The van der Waals surface area contributed by atoms with Crippen LogP contribution in [-0.4, -0.2) is 82.3 Å². The number of quaternary nitrogens is 1. The molecule has 9 heteroatoms. The molecule has 9 nitrogen and oxygen atoms in total. The first-order valence-electron chi connectivity index (χ1n) is 37.6. The first kappa shape index (κ1) is 87.9. The first-order chi connectivity index (χ1) is 45.6. The summed E-state index contributed by atoms with van der Waals surface area (Å²) in [4.78, 5) is 37.6. The van der Waals surface area contributed by atoms with Crippen molar-refractivity contribution >= 4 is 17.9 Å². The lowest BCUT2D eigenvalue weighted by Gasteiger charge is -2.26. The molecule has 0 aromatic rings. The molecule has 0 saturated carbocycles. The van der Waals surface area contributed by atoms with Crippen molar-refractivity contribution in [2.24, 2.45) is 0 Å². The lowest BCUT2D eigenvalue weighted by molar-refractivity contribution is -0.870. The minimum Gasteiger partial charge on any atom is -0.545 e. The predicted octanol–water partition coefficient (Wildman–Crippen LogP) is 22.7. The number of carboxylic acid groups (broad SMARTS) is 1. The fourth-order valence-electron chi connectivity index (χ4n) is 10.0. The number of hydrogen-bond acceptors (Lipinski definition) is 8. The Bertz CT molecular complexity index is 2090. The Hall–Kier alpha value is -5.09. The quantitative estimate of drug-likeness (QED) is 0.0195. The number of unbranched alkanes of at least 4 members (excludes halogenated alkanes) is 27. The van der Waals surface area contributed by atoms with Crippen molar-refractivity contribution < 1.29 is 42.9 Å². The van der Waals surface area contributed by atoms with Gasteiger partial charge in [0.25, 0.3) is 0 Å². The maximum atomic E-state index is 13.0. The van der Waals surface area contributed by atoms with Gasteiger partial charge < -0.3 is 33.3 Å². The van der Waals surface area contributed by atoms with Crippen molar-refractivity contribution in [3.05, 3.63) is 158 Å². The number of likely N-dealkylation sites (N-methyl/N-ethyl adjacent to an activating group) is 1. The zero-order valence-corrected chi connectivity index (χ0v) is 60.3. The molecule has 0 aliphatic heterocycles. The maximum absolute atomic E-state index is 13.0. The molecule has 0 bridgehead atoms. The molecular weight excluding hydrogens is 1150 g/mol. The third-order valence-corrected chi connectivity index (χ3v) is 15.8. The molecule has 528 valence electrons. The van der Waals surface area contributed by atoms with Crippen LogP contribution in [0.5, 0.6) is 0 Å². The van der Waals surface area contributed by atoms with E-state index in [-0.39, 0.29) is 38.6 Å². The van der Waals surface area contributed by atoms with Gasteiger partial charge in [0.1, 0.15) is 13.2 Å². The predicted molar refractivity (Wildman–Crippen MR) is 398 cm³/mol. The van der Waals surface area contributed by atoms with E-state index in [1.807, 2.05) is 21.1 Å². The molecular formula is C84H139NO8. The third-order valence-electron chi connectivity index (χ3n) is 15.8. The molecule has 0 aromatic heterocycles. The van der Waals surface area contributed by atoms with E-state index in [1.165, 1.54) is 141 Å². The topological polar surface area (TPSA) is 111 Å². The van der Waals surface area contributed by atoms with E-state index in [9.17, 15) is 19.5 Å². The van der Waals surface area contributed by atoms with E-state index in [1.54, 1.807) is 0 Å². The van der Waals surface area contributed by atoms with Crippen LogP contribution in [0.3, 0.4) is 0 Å². The van der Waals surface area contributed by atoms with Gasteiger partial charge in [-0.25, -0.2) is 0 Å². The highest BCUT2D eigenvalue weighted by molar-refractivity contribution is 5.70. The summed E-state index contributed by atoms with van der Waals surface area (Å²) >= 11 is 0. The molecule has 0 amide bonds. The fraction of sp³-hybridized carbons (Fsp3) is 0.655. The Morgan fingerprint density at radius 2 is 0.613 bits per heavy atom. The Morgan fingerprint density at radius 3 is 0.914 bits per heavy atom. The van der Waals surface area contributed by atoms with E-state index >= 15 is 0 Å². The molecule has 0 aromatic carbocycles. The minimum absolute atomic E-state index is 0.139.